The molecule has 1 aromatic rings. The van der Waals surface area contributed by atoms with Crippen molar-refractivity contribution in [1.29, 1.82) is 0 Å². The molecule has 2 aliphatic rings. The first-order chi connectivity index (χ1) is 7.81. The Kier molecular flexibility index (Phi) is 2.38. The van der Waals surface area contributed by atoms with E-state index in [-0.39, 0.29) is 0 Å². The molecule has 0 aromatic heterocycles. The Morgan fingerprint density at radius 1 is 1.06 bits per heavy atom. The van der Waals surface area contributed by atoms with Crippen molar-refractivity contribution >= 4 is 6.08 Å². The minimum Gasteiger partial charge on any atom is -0.0733 e. The number of allylic oxidation sites excluding steroid dienone is 1. The standard InChI is InChI=1S/C16H20/c1-16(14-8-3-2-4-9-14)12-11-13-7-5-6-10-15(13)16/h5-7,10-12,14H,2-4,8-9H2,1H3. The van der Waals surface area contributed by atoms with E-state index in [9.17, 15) is 0 Å². The van der Waals surface area contributed by atoms with E-state index < -0.39 is 0 Å². The first-order valence-corrected chi connectivity index (χ1v) is 6.59. The van der Waals surface area contributed by atoms with Crippen LogP contribution in [0.25, 0.3) is 6.08 Å². The molecule has 1 unspecified atom stereocenters. The second-order valence-electron chi connectivity index (χ2n) is 5.54. The Morgan fingerprint density at radius 3 is 2.62 bits per heavy atom. The van der Waals surface area contributed by atoms with Gasteiger partial charge in [0.2, 0.25) is 0 Å². The van der Waals surface area contributed by atoms with Gasteiger partial charge in [0.15, 0.2) is 0 Å². The highest BCUT2D eigenvalue weighted by molar-refractivity contribution is 5.65. The van der Waals surface area contributed by atoms with Gasteiger partial charge in [0.05, 0.1) is 0 Å². The van der Waals surface area contributed by atoms with Crippen LogP contribution in [0.5, 0.6) is 0 Å². The van der Waals surface area contributed by atoms with Crippen molar-refractivity contribution in [2.24, 2.45) is 5.92 Å². The van der Waals surface area contributed by atoms with Crippen LogP contribution in [-0.2, 0) is 5.41 Å². The van der Waals surface area contributed by atoms with Gasteiger partial charge >= 0.3 is 0 Å². The molecule has 2 aliphatic carbocycles. The quantitative estimate of drug-likeness (QED) is 0.640. The van der Waals surface area contributed by atoms with Crippen LogP contribution in [0.4, 0.5) is 0 Å². The highest BCUT2D eigenvalue weighted by Crippen LogP contribution is 2.46. The van der Waals surface area contributed by atoms with Crippen molar-refractivity contribution in [3.05, 3.63) is 41.5 Å². The summed E-state index contributed by atoms with van der Waals surface area (Å²) in [5.74, 6) is 0.862. The minimum absolute atomic E-state index is 0.316. The monoisotopic (exact) mass is 212 g/mol. The molecule has 0 heterocycles. The van der Waals surface area contributed by atoms with Gasteiger partial charge in [-0.2, -0.15) is 0 Å². The molecule has 1 aromatic carbocycles. The number of fused-ring (bicyclic) bond motifs is 1. The van der Waals surface area contributed by atoms with E-state index in [1.807, 2.05) is 0 Å². The fraction of sp³-hybridized carbons (Fsp3) is 0.500. The van der Waals surface area contributed by atoms with Gasteiger partial charge in [0.25, 0.3) is 0 Å². The van der Waals surface area contributed by atoms with E-state index in [0.717, 1.165) is 5.92 Å². The molecule has 0 heteroatoms. The number of rotatable bonds is 1. The average molecular weight is 212 g/mol. The maximum Gasteiger partial charge on any atom is 0.0141 e. The SMILES string of the molecule is CC1(C2CCCCC2)C=Cc2ccccc21. The van der Waals surface area contributed by atoms with Gasteiger partial charge < -0.3 is 0 Å². The van der Waals surface area contributed by atoms with Gasteiger partial charge in [0.1, 0.15) is 0 Å². The van der Waals surface area contributed by atoms with Crippen LogP contribution in [0.1, 0.15) is 50.2 Å². The second-order valence-corrected chi connectivity index (χ2v) is 5.54. The van der Waals surface area contributed by atoms with Gasteiger partial charge in [-0.25, -0.2) is 0 Å². The van der Waals surface area contributed by atoms with E-state index in [4.69, 9.17) is 0 Å². The number of hydrogen-bond acceptors (Lipinski definition) is 0. The molecule has 0 N–H and O–H groups in total. The second kappa shape index (κ2) is 3.76. The van der Waals surface area contributed by atoms with Gasteiger partial charge in [-0.3, -0.25) is 0 Å². The maximum atomic E-state index is 2.45. The normalized spacial score (nSPS) is 29.3. The van der Waals surface area contributed by atoms with Crippen LogP contribution in [0, 0.1) is 5.92 Å². The zero-order valence-corrected chi connectivity index (χ0v) is 10.1. The molecule has 1 atom stereocenters. The first kappa shape index (κ1) is 10.1. The van der Waals surface area contributed by atoms with E-state index in [1.54, 1.807) is 5.56 Å². The summed E-state index contributed by atoms with van der Waals surface area (Å²) in [6.45, 7) is 2.44. The Bertz CT molecular complexity index is 410. The smallest absolute Gasteiger partial charge is 0.0141 e. The molecule has 0 saturated heterocycles. The number of benzene rings is 1. The molecule has 0 amide bonds. The van der Waals surface area contributed by atoms with E-state index >= 15 is 0 Å². The van der Waals surface area contributed by atoms with Crippen molar-refractivity contribution in [2.45, 2.75) is 44.4 Å². The third kappa shape index (κ3) is 1.43. The van der Waals surface area contributed by atoms with E-state index in [0.29, 0.717) is 5.41 Å². The highest BCUT2D eigenvalue weighted by Gasteiger charge is 2.37. The van der Waals surface area contributed by atoms with Crippen LogP contribution < -0.4 is 0 Å². The first-order valence-electron chi connectivity index (χ1n) is 6.59. The highest BCUT2D eigenvalue weighted by atomic mass is 14.4. The molecular weight excluding hydrogens is 192 g/mol. The number of hydrogen-bond donors (Lipinski definition) is 0. The van der Waals surface area contributed by atoms with Crippen molar-refractivity contribution in [1.82, 2.24) is 0 Å². The molecule has 0 aliphatic heterocycles. The molecule has 3 rings (SSSR count). The summed E-state index contributed by atoms with van der Waals surface area (Å²) in [7, 11) is 0. The molecule has 0 radical (unpaired) electrons. The van der Waals surface area contributed by atoms with Crippen LogP contribution in [0.15, 0.2) is 30.3 Å². The lowest BCUT2D eigenvalue weighted by Gasteiger charge is -2.36. The fourth-order valence-electron chi connectivity index (χ4n) is 3.54. The molecule has 16 heavy (non-hydrogen) atoms. The minimum atomic E-state index is 0.316. The van der Waals surface area contributed by atoms with Gasteiger partial charge in [-0.1, -0.05) is 62.6 Å². The van der Waals surface area contributed by atoms with Crippen LogP contribution in [0.2, 0.25) is 0 Å². The van der Waals surface area contributed by atoms with Crippen molar-refractivity contribution in [2.75, 3.05) is 0 Å². The van der Waals surface area contributed by atoms with Crippen LogP contribution >= 0.6 is 0 Å². The zero-order valence-electron chi connectivity index (χ0n) is 10.1. The van der Waals surface area contributed by atoms with Gasteiger partial charge in [0, 0.05) is 5.41 Å². The Hall–Kier alpha value is -1.04. The Balaban J connectivity index is 1.97. The lowest BCUT2D eigenvalue weighted by molar-refractivity contribution is 0.264. The van der Waals surface area contributed by atoms with Gasteiger partial charge in [-0.05, 0) is 29.9 Å². The zero-order chi connectivity index (χ0) is 11.0. The third-order valence-electron chi connectivity index (χ3n) is 4.60. The summed E-state index contributed by atoms with van der Waals surface area (Å²) in [5, 5.41) is 0. The van der Waals surface area contributed by atoms with E-state index in [1.165, 1.54) is 37.7 Å². The molecule has 1 fully saturated rings. The largest absolute Gasteiger partial charge is 0.0733 e. The molecule has 0 nitrogen and oxygen atoms in total. The summed E-state index contributed by atoms with van der Waals surface area (Å²) in [6, 6.07) is 8.91. The molecule has 0 bridgehead atoms. The topological polar surface area (TPSA) is 0 Å². The molecule has 0 spiro atoms. The van der Waals surface area contributed by atoms with Crippen molar-refractivity contribution < 1.29 is 0 Å². The summed E-state index contributed by atoms with van der Waals surface area (Å²) in [6.07, 6.45) is 11.9. The predicted octanol–water partition coefficient (Wildman–Crippen LogP) is 4.55. The van der Waals surface area contributed by atoms with Crippen LogP contribution in [-0.4, -0.2) is 0 Å². The third-order valence-corrected chi connectivity index (χ3v) is 4.60. The summed E-state index contributed by atoms with van der Waals surface area (Å²) >= 11 is 0. The predicted molar refractivity (Wildman–Crippen MR) is 69.4 cm³/mol. The average Bonchev–Trinajstić information content (AvgIpc) is 2.71. The summed E-state index contributed by atoms with van der Waals surface area (Å²) < 4.78 is 0. The van der Waals surface area contributed by atoms with Crippen molar-refractivity contribution in [3.63, 3.8) is 0 Å². The summed E-state index contributed by atoms with van der Waals surface area (Å²) in [4.78, 5) is 0. The lowest BCUT2D eigenvalue weighted by atomic mass is 9.67. The Morgan fingerprint density at radius 2 is 1.81 bits per heavy atom. The molecule has 1 saturated carbocycles. The van der Waals surface area contributed by atoms with Gasteiger partial charge in [-0.15, -0.1) is 0 Å². The van der Waals surface area contributed by atoms with E-state index in [2.05, 4.69) is 43.3 Å². The Labute approximate surface area is 98.4 Å². The summed E-state index contributed by atoms with van der Waals surface area (Å²) in [5.41, 5.74) is 3.31. The molecule has 84 valence electrons. The molecular formula is C16H20. The fourth-order valence-corrected chi connectivity index (χ4v) is 3.54. The maximum absolute atomic E-state index is 2.45. The van der Waals surface area contributed by atoms with Crippen LogP contribution in [0.3, 0.4) is 0 Å². The lowest BCUT2D eigenvalue weighted by Crippen LogP contribution is -2.30. The van der Waals surface area contributed by atoms with Crippen molar-refractivity contribution in [3.8, 4) is 0 Å².